The normalized spacial score (nSPS) is 13.4. The van der Waals surface area contributed by atoms with E-state index in [4.69, 9.17) is 9.47 Å². The molecule has 4 heteroatoms. The molecule has 0 unspecified atom stereocenters. The number of benzene rings is 1. The van der Waals surface area contributed by atoms with Crippen molar-refractivity contribution in [3.05, 3.63) is 23.3 Å². The number of ketones is 1. The van der Waals surface area contributed by atoms with Gasteiger partial charge in [0, 0.05) is 19.5 Å². The largest absolute Gasteiger partial charge is 0.486 e. The maximum absolute atomic E-state index is 10.8. The zero-order chi connectivity index (χ0) is 13.0. The molecule has 4 nitrogen and oxygen atoms in total. The van der Waals surface area contributed by atoms with Gasteiger partial charge >= 0.3 is 0 Å². The van der Waals surface area contributed by atoms with E-state index >= 15 is 0 Å². The predicted octanol–water partition coefficient (Wildman–Crippen LogP) is 1.83. The Balaban J connectivity index is 1.97. The Morgan fingerprint density at radius 3 is 2.61 bits per heavy atom. The third kappa shape index (κ3) is 3.23. The molecule has 98 valence electrons. The standard InChI is InChI=1S/C14H19NO3/c1-10-7-13-14(18-6-5-17-13)8-12(10)9-15-4-3-11(2)16/h7-8,15H,3-6,9H2,1-2H3. The fraction of sp³-hybridized carbons (Fsp3) is 0.500. The summed E-state index contributed by atoms with van der Waals surface area (Å²) < 4.78 is 11.1. The molecule has 18 heavy (non-hydrogen) atoms. The molecule has 1 heterocycles. The van der Waals surface area contributed by atoms with Gasteiger partial charge in [0.2, 0.25) is 0 Å². The van der Waals surface area contributed by atoms with Crippen LogP contribution < -0.4 is 14.8 Å². The van der Waals surface area contributed by atoms with Crippen LogP contribution in [0.15, 0.2) is 12.1 Å². The van der Waals surface area contributed by atoms with Crippen LogP contribution in [0.3, 0.4) is 0 Å². The van der Waals surface area contributed by atoms with Crippen LogP contribution in [0.5, 0.6) is 11.5 Å². The van der Waals surface area contributed by atoms with Crippen molar-refractivity contribution in [1.29, 1.82) is 0 Å². The molecule has 0 saturated carbocycles. The topological polar surface area (TPSA) is 47.6 Å². The van der Waals surface area contributed by atoms with Crippen LogP contribution in [-0.4, -0.2) is 25.5 Å². The first-order chi connectivity index (χ1) is 8.66. The lowest BCUT2D eigenvalue weighted by molar-refractivity contribution is -0.116. The highest BCUT2D eigenvalue weighted by Gasteiger charge is 2.13. The molecule has 0 radical (unpaired) electrons. The van der Waals surface area contributed by atoms with Crippen LogP contribution >= 0.6 is 0 Å². The van der Waals surface area contributed by atoms with Crippen molar-refractivity contribution in [2.24, 2.45) is 0 Å². The van der Waals surface area contributed by atoms with E-state index in [1.807, 2.05) is 12.1 Å². The molecule has 0 saturated heterocycles. The summed E-state index contributed by atoms with van der Waals surface area (Å²) in [6, 6.07) is 4.03. The van der Waals surface area contributed by atoms with Crippen LogP contribution in [0.25, 0.3) is 0 Å². The third-order valence-corrected chi connectivity index (χ3v) is 2.97. The number of rotatable bonds is 5. The molecule has 1 N–H and O–H groups in total. The van der Waals surface area contributed by atoms with Crippen molar-refractivity contribution in [3.63, 3.8) is 0 Å². The third-order valence-electron chi connectivity index (χ3n) is 2.97. The van der Waals surface area contributed by atoms with Crippen molar-refractivity contribution in [2.45, 2.75) is 26.8 Å². The van der Waals surface area contributed by atoms with Crippen molar-refractivity contribution in [3.8, 4) is 11.5 Å². The first-order valence-electron chi connectivity index (χ1n) is 6.26. The van der Waals surface area contributed by atoms with Crippen molar-refractivity contribution < 1.29 is 14.3 Å². The molecular weight excluding hydrogens is 230 g/mol. The highest BCUT2D eigenvalue weighted by Crippen LogP contribution is 2.32. The molecule has 0 fully saturated rings. The van der Waals surface area contributed by atoms with Gasteiger partial charge in [-0.1, -0.05) is 0 Å². The van der Waals surface area contributed by atoms with E-state index in [9.17, 15) is 4.79 Å². The number of nitrogens with one attached hydrogen (secondary N) is 1. The first kappa shape index (κ1) is 12.9. The van der Waals surface area contributed by atoms with E-state index in [1.54, 1.807) is 6.92 Å². The fourth-order valence-electron chi connectivity index (χ4n) is 1.91. The molecular formula is C14H19NO3. The van der Waals surface area contributed by atoms with Gasteiger partial charge in [-0.2, -0.15) is 0 Å². The maximum atomic E-state index is 10.8. The van der Waals surface area contributed by atoms with Crippen LogP contribution in [0, 0.1) is 6.92 Å². The summed E-state index contributed by atoms with van der Waals surface area (Å²) in [4.78, 5) is 10.8. The number of fused-ring (bicyclic) bond motifs is 1. The monoisotopic (exact) mass is 249 g/mol. The minimum atomic E-state index is 0.210. The van der Waals surface area contributed by atoms with E-state index in [0.29, 0.717) is 26.2 Å². The second-order valence-corrected chi connectivity index (χ2v) is 4.55. The number of carbonyl (C=O) groups excluding carboxylic acids is 1. The average Bonchev–Trinajstić information content (AvgIpc) is 2.34. The van der Waals surface area contributed by atoms with Gasteiger partial charge < -0.3 is 14.8 Å². The lowest BCUT2D eigenvalue weighted by Crippen LogP contribution is -2.19. The molecule has 0 atom stereocenters. The molecule has 1 aromatic carbocycles. The van der Waals surface area contributed by atoms with Crippen LogP contribution in [-0.2, 0) is 11.3 Å². The minimum Gasteiger partial charge on any atom is -0.486 e. The average molecular weight is 249 g/mol. The zero-order valence-electron chi connectivity index (χ0n) is 10.9. The smallest absolute Gasteiger partial charge is 0.161 e. The minimum absolute atomic E-state index is 0.210. The van der Waals surface area contributed by atoms with E-state index in [-0.39, 0.29) is 5.78 Å². The molecule has 2 rings (SSSR count). The van der Waals surface area contributed by atoms with Gasteiger partial charge in [-0.15, -0.1) is 0 Å². The molecule has 1 aliphatic rings. The quantitative estimate of drug-likeness (QED) is 0.809. The van der Waals surface area contributed by atoms with E-state index in [0.717, 1.165) is 18.0 Å². The Hall–Kier alpha value is -1.55. The summed E-state index contributed by atoms with van der Waals surface area (Å²) in [6.07, 6.45) is 0.573. The van der Waals surface area contributed by atoms with Gasteiger partial charge in [0.1, 0.15) is 19.0 Å². The maximum Gasteiger partial charge on any atom is 0.161 e. The summed E-state index contributed by atoms with van der Waals surface area (Å²) in [5.41, 5.74) is 2.36. The number of ether oxygens (including phenoxy) is 2. The summed E-state index contributed by atoms with van der Waals surface area (Å²) in [6.45, 7) is 6.34. The second kappa shape index (κ2) is 5.87. The first-order valence-corrected chi connectivity index (χ1v) is 6.26. The highest BCUT2D eigenvalue weighted by molar-refractivity contribution is 5.75. The van der Waals surface area contributed by atoms with Crippen LogP contribution in [0.4, 0.5) is 0 Å². The fourth-order valence-corrected chi connectivity index (χ4v) is 1.91. The number of aryl methyl sites for hydroxylation is 1. The molecule has 1 aliphatic heterocycles. The van der Waals surface area contributed by atoms with Gasteiger partial charge in [0.05, 0.1) is 0 Å². The predicted molar refractivity (Wildman–Crippen MR) is 69.2 cm³/mol. The lowest BCUT2D eigenvalue weighted by atomic mass is 10.1. The molecule has 0 aromatic heterocycles. The summed E-state index contributed by atoms with van der Waals surface area (Å²) in [7, 11) is 0. The van der Waals surface area contributed by atoms with Crippen molar-refractivity contribution in [2.75, 3.05) is 19.8 Å². The van der Waals surface area contributed by atoms with Crippen molar-refractivity contribution in [1.82, 2.24) is 5.32 Å². The Morgan fingerprint density at radius 2 is 1.94 bits per heavy atom. The van der Waals surface area contributed by atoms with Gasteiger partial charge in [0.25, 0.3) is 0 Å². The van der Waals surface area contributed by atoms with E-state index in [1.165, 1.54) is 11.1 Å². The number of hydrogen-bond donors (Lipinski definition) is 1. The Kier molecular flexibility index (Phi) is 4.20. The Bertz CT molecular complexity index is 443. The SMILES string of the molecule is CC(=O)CCNCc1cc2c(cc1C)OCCO2. The Morgan fingerprint density at radius 1 is 1.28 bits per heavy atom. The van der Waals surface area contributed by atoms with E-state index in [2.05, 4.69) is 12.2 Å². The van der Waals surface area contributed by atoms with Gasteiger partial charge in [0.15, 0.2) is 11.5 Å². The summed E-state index contributed by atoms with van der Waals surface area (Å²) in [5, 5.41) is 3.26. The van der Waals surface area contributed by atoms with Crippen LogP contribution in [0.2, 0.25) is 0 Å². The molecule has 0 spiro atoms. The highest BCUT2D eigenvalue weighted by atomic mass is 16.6. The van der Waals surface area contributed by atoms with E-state index < -0.39 is 0 Å². The van der Waals surface area contributed by atoms with Crippen LogP contribution in [0.1, 0.15) is 24.5 Å². The molecule has 0 aliphatic carbocycles. The molecule has 0 bridgehead atoms. The second-order valence-electron chi connectivity index (χ2n) is 4.55. The number of Topliss-reactive ketones (excluding diaryl/α,β-unsaturated/α-hetero) is 1. The number of carbonyl (C=O) groups is 1. The van der Waals surface area contributed by atoms with Gasteiger partial charge in [-0.3, -0.25) is 4.79 Å². The Labute approximate surface area is 107 Å². The van der Waals surface area contributed by atoms with Gasteiger partial charge in [-0.25, -0.2) is 0 Å². The summed E-state index contributed by atoms with van der Waals surface area (Å²) in [5.74, 6) is 1.85. The number of hydrogen-bond acceptors (Lipinski definition) is 4. The lowest BCUT2D eigenvalue weighted by Gasteiger charge is -2.20. The zero-order valence-corrected chi connectivity index (χ0v) is 10.9. The van der Waals surface area contributed by atoms with Gasteiger partial charge in [-0.05, 0) is 37.1 Å². The van der Waals surface area contributed by atoms with Crippen molar-refractivity contribution >= 4 is 5.78 Å². The molecule has 0 amide bonds. The molecule has 1 aromatic rings. The summed E-state index contributed by atoms with van der Waals surface area (Å²) >= 11 is 0.